The zero-order chi connectivity index (χ0) is 13.2. The predicted octanol–water partition coefficient (Wildman–Crippen LogP) is 3.41. The molecule has 18 heavy (non-hydrogen) atoms. The van der Waals surface area contributed by atoms with Crippen LogP contribution in [0.1, 0.15) is 15.9 Å². The minimum atomic E-state index is -4.46. The van der Waals surface area contributed by atoms with Crippen molar-refractivity contribution in [3.8, 4) is 0 Å². The number of nitrogens with one attached hydrogen (secondary N) is 1. The van der Waals surface area contributed by atoms with Gasteiger partial charge in [-0.15, -0.1) is 11.3 Å². The lowest BCUT2D eigenvalue weighted by atomic mass is 10.1. The fraction of sp³-hybridized carbons (Fsp3) is 0.0909. The van der Waals surface area contributed by atoms with Crippen LogP contribution in [0.2, 0.25) is 0 Å². The van der Waals surface area contributed by atoms with Crippen molar-refractivity contribution in [2.45, 2.75) is 6.18 Å². The minimum absolute atomic E-state index is 0.0555. The zero-order valence-corrected chi connectivity index (χ0v) is 9.68. The first kappa shape index (κ1) is 12.6. The Morgan fingerprint density at radius 3 is 2.72 bits per heavy atom. The van der Waals surface area contributed by atoms with Gasteiger partial charge in [0.2, 0.25) is 0 Å². The van der Waals surface area contributed by atoms with Crippen molar-refractivity contribution < 1.29 is 18.0 Å². The molecule has 7 heteroatoms. The number of nitrogens with zero attached hydrogens (tertiary/aromatic N) is 1. The molecule has 94 valence electrons. The third-order valence-electron chi connectivity index (χ3n) is 2.10. The molecule has 1 N–H and O–H groups in total. The second kappa shape index (κ2) is 4.77. The third-order valence-corrected chi connectivity index (χ3v) is 2.79. The maximum absolute atomic E-state index is 12.5. The molecule has 3 nitrogen and oxygen atoms in total. The summed E-state index contributed by atoms with van der Waals surface area (Å²) in [7, 11) is 0. The predicted molar refractivity (Wildman–Crippen MR) is 61.5 cm³/mol. The Morgan fingerprint density at radius 1 is 1.33 bits per heavy atom. The first-order chi connectivity index (χ1) is 8.47. The average Bonchev–Trinajstić information content (AvgIpc) is 2.81. The Kier molecular flexibility index (Phi) is 3.33. The second-order valence-corrected chi connectivity index (χ2v) is 4.26. The molecule has 0 atom stereocenters. The maximum Gasteiger partial charge on any atom is 0.416 e. The molecule has 0 saturated carbocycles. The number of carbonyl (C=O) groups excluding carboxylic acids is 1. The second-order valence-electron chi connectivity index (χ2n) is 3.37. The Hall–Kier alpha value is -1.89. The van der Waals surface area contributed by atoms with Crippen molar-refractivity contribution in [2.75, 3.05) is 5.32 Å². The van der Waals surface area contributed by atoms with E-state index in [-0.39, 0.29) is 5.56 Å². The molecule has 1 amide bonds. The number of halogens is 3. The quantitative estimate of drug-likeness (QED) is 0.910. The fourth-order valence-corrected chi connectivity index (χ4v) is 1.82. The van der Waals surface area contributed by atoms with Crippen molar-refractivity contribution in [2.24, 2.45) is 0 Å². The van der Waals surface area contributed by atoms with Crippen LogP contribution >= 0.6 is 11.3 Å². The maximum atomic E-state index is 12.5. The van der Waals surface area contributed by atoms with Crippen LogP contribution in [0.3, 0.4) is 0 Å². The number of alkyl halides is 3. The topological polar surface area (TPSA) is 42.0 Å². The number of amides is 1. The van der Waals surface area contributed by atoms with Crippen LogP contribution in [-0.2, 0) is 6.18 Å². The molecule has 0 unspecified atom stereocenters. The van der Waals surface area contributed by atoms with Crippen LogP contribution in [0.15, 0.2) is 35.8 Å². The lowest BCUT2D eigenvalue weighted by molar-refractivity contribution is -0.137. The number of hydrogen-bond acceptors (Lipinski definition) is 3. The number of thiazole rings is 1. The van der Waals surface area contributed by atoms with Crippen molar-refractivity contribution >= 4 is 22.4 Å². The van der Waals surface area contributed by atoms with E-state index in [4.69, 9.17) is 0 Å². The van der Waals surface area contributed by atoms with E-state index in [9.17, 15) is 18.0 Å². The van der Waals surface area contributed by atoms with E-state index in [0.29, 0.717) is 5.13 Å². The summed E-state index contributed by atoms with van der Waals surface area (Å²) in [6.45, 7) is 0. The van der Waals surface area contributed by atoms with Gasteiger partial charge in [-0.2, -0.15) is 13.2 Å². The standard InChI is InChI=1S/C11H7F3N2OS/c12-11(13,14)8-3-1-2-7(6-8)9(17)16-10-15-4-5-18-10/h1-6H,(H,15,16,17). The number of hydrogen-bond donors (Lipinski definition) is 1. The first-order valence-electron chi connectivity index (χ1n) is 4.85. The molecule has 0 saturated heterocycles. The molecule has 0 radical (unpaired) electrons. The van der Waals surface area contributed by atoms with Crippen LogP contribution in [0.4, 0.5) is 18.3 Å². The molecule has 2 aromatic rings. The Morgan fingerprint density at radius 2 is 2.11 bits per heavy atom. The lowest BCUT2D eigenvalue weighted by Crippen LogP contribution is -2.13. The van der Waals surface area contributed by atoms with Crippen molar-refractivity contribution in [3.05, 3.63) is 47.0 Å². The van der Waals surface area contributed by atoms with Crippen LogP contribution in [0.5, 0.6) is 0 Å². The Balaban J connectivity index is 2.21. The fourth-order valence-electron chi connectivity index (χ4n) is 1.29. The molecular formula is C11H7F3N2OS. The summed E-state index contributed by atoms with van der Waals surface area (Å²) in [5.74, 6) is -0.615. The highest BCUT2D eigenvalue weighted by Gasteiger charge is 2.30. The highest BCUT2D eigenvalue weighted by atomic mass is 32.1. The molecule has 2 rings (SSSR count). The SMILES string of the molecule is O=C(Nc1nccs1)c1cccc(C(F)(F)F)c1. The average molecular weight is 272 g/mol. The summed E-state index contributed by atoms with van der Waals surface area (Å²) in [6.07, 6.45) is -2.97. The van der Waals surface area contributed by atoms with Gasteiger partial charge in [0.1, 0.15) is 0 Å². The number of carbonyl (C=O) groups is 1. The molecule has 1 aromatic heterocycles. The van der Waals surface area contributed by atoms with Gasteiger partial charge in [0, 0.05) is 17.1 Å². The summed E-state index contributed by atoms with van der Waals surface area (Å²) in [5, 5.41) is 4.42. The molecule has 0 spiro atoms. The van der Waals surface area contributed by atoms with Crippen molar-refractivity contribution in [3.63, 3.8) is 0 Å². The van der Waals surface area contributed by atoms with Crippen molar-refractivity contribution in [1.29, 1.82) is 0 Å². The Bertz CT molecular complexity index is 552. The van der Waals surface area contributed by atoms with E-state index < -0.39 is 17.6 Å². The van der Waals surface area contributed by atoms with Crippen LogP contribution in [0, 0.1) is 0 Å². The molecule has 0 aliphatic heterocycles. The van der Waals surface area contributed by atoms with Gasteiger partial charge in [0.15, 0.2) is 5.13 Å². The van der Waals surface area contributed by atoms with Crippen molar-refractivity contribution in [1.82, 2.24) is 4.98 Å². The summed E-state index contributed by atoms with van der Waals surface area (Å²) >= 11 is 1.19. The van der Waals surface area contributed by atoms with Gasteiger partial charge in [-0.05, 0) is 18.2 Å². The van der Waals surface area contributed by atoms with E-state index in [0.717, 1.165) is 12.1 Å². The highest BCUT2D eigenvalue weighted by molar-refractivity contribution is 7.13. The summed E-state index contributed by atoms with van der Waals surface area (Å²) in [6, 6.07) is 4.24. The van der Waals surface area contributed by atoms with E-state index in [1.807, 2.05) is 0 Å². The summed E-state index contributed by atoms with van der Waals surface area (Å²) in [4.78, 5) is 15.5. The molecular weight excluding hydrogens is 265 g/mol. The highest BCUT2D eigenvalue weighted by Crippen LogP contribution is 2.29. The molecule has 0 aliphatic rings. The monoisotopic (exact) mass is 272 g/mol. The van der Waals surface area contributed by atoms with Crippen LogP contribution in [-0.4, -0.2) is 10.9 Å². The Labute approximate surface area is 104 Å². The van der Waals surface area contributed by atoms with E-state index >= 15 is 0 Å². The first-order valence-corrected chi connectivity index (χ1v) is 5.73. The van der Waals surface area contributed by atoms with Gasteiger partial charge in [0.25, 0.3) is 5.91 Å². The molecule has 1 aromatic carbocycles. The van der Waals surface area contributed by atoms with Gasteiger partial charge in [-0.1, -0.05) is 6.07 Å². The minimum Gasteiger partial charge on any atom is -0.298 e. The van der Waals surface area contributed by atoms with Gasteiger partial charge in [-0.3, -0.25) is 10.1 Å². The van der Waals surface area contributed by atoms with Gasteiger partial charge >= 0.3 is 6.18 Å². The van der Waals surface area contributed by atoms with Crippen LogP contribution in [0.25, 0.3) is 0 Å². The lowest BCUT2D eigenvalue weighted by Gasteiger charge is -2.08. The number of rotatable bonds is 2. The zero-order valence-electron chi connectivity index (χ0n) is 8.86. The number of aromatic nitrogens is 1. The largest absolute Gasteiger partial charge is 0.416 e. The molecule has 0 aliphatic carbocycles. The van der Waals surface area contributed by atoms with Crippen LogP contribution < -0.4 is 5.32 Å². The smallest absolute Gasteiger partial charge is 0.298 e. The number of anilines is 1. The summed E-state index contributed by atoms with van der Waals surface area (Å²) in [5.41, 5.74) is -0.908. The van der Waals surface area contributed by atoms with E-state index in [1.165, 1.54) is 29.7 Å². The van der Waals surface area contributed by atoms with Gasteiger partial charge < -0.3 is 0 Å². The van der Waals surface area contributed by atoms with Gasteiger partial charge in [0.05, 0.1) is 5.56 Å². The van der Waals surface area contributed by atoms with E-state index in [1.54, 1.807) is 5.38 Å². The molecule has 1 heterocycles. The summed E-state index contributed by atoms with van der Waals surface area (Å²) < 4.78 is 37.4. The third kappa shape index (κ3) is 2.86. The molecule has 0 fully saturated rings. The van der Waals surface area contributed by atoms with Gasteiger partial charge in [-0.25, -0.2) is 4.98 Å². The van der Waals surface area contributed by atoms with E-state index in [2.05, 4.69) is 10.3 Å². The normalized spacial score (nSPS) is 11.3. The molecule has 0 bridgehead atoms. The number of benzene rings is 1.